The molecular weight excluding hydrogens is 562 g/mol. The Labute approximate surface area is 257 Å². The molecule has 1 amide bonds. The van der Waals surface area contributed by atoms with E-state index in [-0.39, 0.29) is 37.6 Å². The van der Waals surface area contributed by atoms with Crippen molar-refractivity contribution in [1.29, 1.82) is 0 Å². The summed E-state index contributed by atoms with van der Waals surface area (Å²) in [6, 6.07) is 18.3. The van der Waals surface area contributed by atoms with E-state index in [9.17, 15) is 19.5 Å². The highest BCUT2D eigenvalue weighted by Crippen LogP contribution is 2.44. The summed E-state index contributed by atoms with van der Waals surface area (Å²) >= 11 is 0. The molecule has 0 saturated carbocycles. The number of carbonyl (C=O) groups excluding carboxylic acids is 2. The molecular formula is C34H39N3O7. The minimum atomic E-state index is -1.19. The molecule has 1 atom stereocenters. The monoisotopic (exact) mass is 601 g/mol. The number of carboxylic acids is 1. The number of hydrogen-bond donors (Lipinski definition) is 2. The Kier molecular flexibility index (Phi) is 9.49. The molecule has 2 heterocycles. The largest absolute Gasteiger partial charge is 0.480 e. The van der Waals surface area contributed by atoms with Crippen molar-refractivity contribution in [3.8, 4) is 17.0 Å². The third-order valence-electron chi connectivity index (χ3n) is 7.77. The van der Waals surface area contributed by atoms with E-state index in [0.717, 1.165) is 35.1 Å². The van der Waals surface area contributed by atoms with Crippen molar-refractivity contribution in [3.63, 3.8) is 0 Å². The quantitative estimate of drug-likeness (QED) is 0.315. The number of piperidine rings is 1. The van der Waals surface area contributed by atoms with Crippen molar-refractivity contribution < 1.29 is 33.7 Å². The van der Waals surface area contributed by atoms with Gasteiger partial charge in [-0.1, -0.05) is 54.6 Å². The molecule has 10 nitrogen and oxygen atoms in total. The van der Waals surface area contributed by atoms with Crippen LogP contribution in [0, 0.1) is 0 Å². The van der Waals surface area contributed by atoms with Gasteiger partial charge in [-0.05, 0) is 61.4 Å². The Morgan fingerprint density at radius 1 is 0.977 bits per heavy atom. The Morgan fingerprint density at radius 2 is 1.61 bits per heavy atom. The number of pyridine rings is 1. The van der Waals surface area contributed by atoms with E-state index in [1.807, 2.05) is 57.2 Å². The first-order valence-corrected chi connectivity index (χ1v) is 15.0. The normalized spacial score (nSPS) is 16.0. The maximum absolute atomic E-state index is 12.7. The van der Waals surface area contributed by atoms with E-state index in [4.69, 9.17) is 14.2 Å². The summed E-state index contributed by atoms with van der Waals surface area (Å²) < 4.78 is 17.0. The zero-order valence-electron chi connectivity index (χ0n) is 25.3. The van der Waals surface area contributed by atoms with Gasteiger partial charge in [-0.15, -0.1) is 0 Å². The van der Waals surface area contributed by atoms with Gasteiger partial charge in [-0.3, -0.25) is 9.69 Å². The third-order valence-corrected chi connectivity index (χ3v) is 7.77. The standard InChI is InChI=1S/C34H39N3O7/c1-34(2,3)44-31(38)20-37-16-14-23(15-17-37)43-30-13-12-22(19-35-30)18-29(32(39)40)36-33(41)42-21-28-26-10-6-4-8-24(26)25-9-5-7-11-27(25)28/h4-13,19,23,28-29H,14-18,20-21H2,1-3H3,(H,36,41)(H,39,40)/t29-/m0/s1. The molecule has 1 saturated heterocycles. The number of esters is 1. The van der Waals surface area contributed by atoms with E-state index in [1.54, 1.807) is 18.3 Å². The fourth-order valence-corrected chi connectivity index (χ4v) is 5.73. The zero-order valence-corrected chi connectivity index (χ0v) is 25.3. The summed E-state index contributed by atoms with van der Waals surface area (Å²) in [5, 5.41) is 12.3. The number of benzene rings is 2. The number of carbonyl (C=O) groups is 3. The highest BCUT2D eigenvalue weighted by Gasteiger charge is 2.30. The van der Waals surface area contributed by atoms with Crippen LogP contribution in [0.2, 0.25) is 0 Å². The second-order valence-corrected chi connectivity index (χ2v) is 12.2. The number of fused-ring (bicyclic) bond motifs is 3. The van der Waals surface area contributed by atoms with Crippen molar-refractivity contribution in [1.82, 2.24) is 15.2 Å². The number of rotatable bonds is 10. The summed E-state index contributed by atoms with van der Waals surface area (Å²) in [5.41, 5.74) is 4.52. The van der Waals surface area contributed by atoms with E-state index >= 15 is 0 Å². The van der Waals surface area contributed by atoms with E-state index in [0.29, 0.717) is 24.5 Å². The van der Waals surface area contributed by atoms with Gasteiger partial charge in [0.25, 0.3) is 0 Å². The number of likely N-dealkylation sites (tertiary alicyclic amines) is 1. The number of aromatic nitrogens is 1. The van der Waals surface area contributed by atoms with Gasteiger partial charge in [-0.25, -0.2) is 14.6 Å². The number of aliphatic carboxylic acids is 1. The van der Waals surface area contributed by atoms with Gasteiger partial charge in [0.2, 0.25) is 5.88 Å². The smallest absolute Gasteiger partial charge is 0.407 e. The van der Waals surface area contributed by atoms with Crippen LogP contribution in [0.3, 0.4) is 0 Å². The van der Waals surface area contributed by atoms with Gasteiger partial charge >= 0.3 is 18.0 Å². The molecule has 0 spiro atoms. The number of ether oxygens (including phenoxy) is 3. The summed E-state index contributed by atoms with van der Waals surface area (Å²) in [7, 11) is 0. The van der Waals surface area contributed by atoms with Crippen LogP contribution >= 0.6 is 0 Å². The summed E-state index contributed by atoms with van der Waals surface area (Å²) in [6.07, 6.45) is 2.27. The molecule has 1 aliphatic heterocycles. The van der Waals surface area contributed by atoms with E-state index in [1.165, 1.54) is 0 Å². The molecule has 3 aromatic rings. The van der Waals surface area contributed by atoms with Gasteiger partial charge in [0, 0.05) is 37.7 Å². The lowest BCUT2D eigenvalue weighted by Crippen LogP contribution is -2.43. The predicted octanol–water partition coefficient (Wildman–Crippen LogP) is 4.80. The van der Waals surface area contributed by atoms with Crippen LogP contribution in [0.1, 0.15) is 56.2 Å². The van der Waals surface area contributed by atoms with E-state index < -0.39 is 23.7 Å². The fourth-order valence-electron chi connectivity index (χ4n) is 5.73. The maximum atomic E-state index is 12.7. The molecule has 5 rings (SSSR count). The van der Waals surface area contributed by atoms with Gasteiger partial charge in [0.05, 0.1) is 6.54 Å². The van der Waals surface area contributed by atoms with Crippen LogP contribution < -0.4 is 10.1 Å². The minimum Gasteiger partial charge on any atom is -0.480 e. The molecule has 1 fully saturated rings. The lowest BCUT2D eigenvalue weighted by molar-refractivity contribution is -0.156. The average Bonchev–Trinajstić information content (AvgIpc) is 3.30. The molecule has 0 radical (unpaired) electrons. The Bertz CT molecular complexity index is 1430. The van der Waals surface area contributed by atoms with Crippen molar-refractivity contribution in [2.24, 2.45) is 0 Å². The number of alkyl carbamates (subject to hydrolysis) is 1. The van der Waals surface area contributed by atoms with Gasteiger partial charge in [0.1, 0.15) is 24.4 Å². The van der Waals surface area contributed by atoms with Crippen molar-refractivity contribution in [3.05, 3.63) is 83.6 Å². The molecule has 232 valence electrons. The lowest BCUT2D eigenvalue weighted by Gasteiger charge is -2.32. The molecule has 2 aliphatic rings. The summed E-state index contributed by atoms with van der Waals surface area (Å²) in [4.78, 5) is 43.2. The Hall–Kier alpha value is -4.44. The Balaban J connectivity index is 1.09. The predicted molar refractivity (Wildman–Crippen MR) is 164 cm³/mol. The van der Waals surface area contributed by atoms with Crippen molar-refractivity contribution in [2.75, 3.05) is 26.2 Å². The molecule has 2 N–H and O–H groups in total. The van der Waals surface area contributed by atoms with Gasteiger partial charge in [-0.2, -0.15) is 0 Å². The summed E-state index contributed by atoms with van der Waals surface area (Å²) in [5.74, 6) is -1.08. The van der Waals surface area contributed by atoms with E-state index in [2.05, 4.69) is 27.3 Å². The zero-order chi connectivity index (χ0) is 31.3. The summed E-state index contributed by atoms with van der Waals surface area (Å²) in [6.45, 7) is 7.34. The second-order valence-electron chi connectivity index (χ2n) is 12.2. The van der Waals surface area contributed by atoms with Crippen LogP contribution in [0.5, 0.6) is 5.88 Å². The number of carboxylic acid groups (broad SMARTS) is 1. The lowest BCUT2D eigenvalue weighted by atomic mass is 9.98. The topological polar surface area (TPSA) is 127 Å². The highest BCUT2D eigenvalue weighted by molar-refractivity contribution is 5.81. The average molecular weight is 602 g/mol. The molecule has 1 aromatic heterocycles. The first kappa shape index (κ1) is 31.0. The van der Waals surface area contributed by atoms with Gasteiger partial charge < -0.3 is 24.6 Å². The molecule has 0 unspecified atom stereocenters. The molecule has 2 aromatic carbocycles. The first-order valence-electron chi connectivity index (χ1n) is 15.0. The van der Waals surface area contributed by atoms with Gasteiger partial charge in [0.15, 0.2) is 0 Å². The van der Waals surface area contributed by atoms with Crippen LogP contribution in [0.4, 0.5) is 4.79 Å². The van der Waals surface area contributed by atoms with Crippen LogP contribution in [0.25, 0.3) is 11.1 Å². The number of amides is 1. The Morgan fingerprint density at radius 3 is 2.18 bits per heavy atom. The first-order chi connectivity index (χ1) is 21.1. The van der Waals surface area contributed by atoms with Crippen LogP contribution in [-0.4, -0.2) is 77.0 Å². The van der Waals surface area contributed by atoms with Crippen LogP contribution in [0.15, 0.2) is 66.9 Å². The van der Waals surface area contributed by atoms with Crippen LogP contribution in [-0.2, 0) is 25.5 Å². The third kappa shape index (κ3) is 7.93. The minimum absolute atomic E-state index is 0.0368. The second kappa shape index (κ2) is 13.5. The number of nitrogens with zero attached hydrogens (tertiary/aromatic N) is 2. The molecule has 0 bridgehead atoms. The maximum Gasteiger partial charge on any atom is 0.407 e. The SMILES string of the molecule is CC(C)(C)OC(=O)CN1CCC(Oc2ccc(C[C@H](NC(=O)OCC3c4ccccc4-c4ccccc43)C(=O)O)cn2)CC1. The van der Waals surface area contributed by atoms with Crippen molar-refractivity contribution >= 4 is 18.0 Å². The molecule has 44 heavy (non-hydrogen) atoms. The number of nitrogens with one attached hydrogen (secondary N) is 1. The number of hydrogen-bond acceptors (Lipinski definition) is 8. The molecule has 1 aliphatic carbocycles. The highest BCUT2D eigenvalue weighted by atomic mass is 16.6. The fraction of sp³-hybridized carbons (Fsp3) is 0.412. The molecule has 10 heteroatoms. The van der Waals surface area contributed by atoms with Crippen molar-refractivity contribution in [2.45, 2.75) is 63.7 Å².